The zero-order chi connectivity index (χ0) is 2.00. The molecule has 0 aromatic rings. The molecule has 1 nitrogen and oxygen atoms in total. The molecule has 24 valence electrons. The predicted molar refractivity (Wildman–Crippen MR) is 0.686 cm³/mol. The van der Waals surface area contributed by atoms with E-state index in [1.54, 1.807) is 0 Å². The van der Waals surface area contributed by atoms with Crippen molar-refractivity contribution in [1.29, 1.82) is 0 Å². The monoisotopic (exact) mass is 416 g/mol. The first-order valence-electron chi connectivity index (χ1n) is 0.204. The summed E-state index contributed by atoms with van der Waals surface area (Å²) in [6, 6.07) is 0. The Hall–Kier alpha value is 3.35. The Kier molecular flexibility index (Phi) is 63.4. The van der Waals surface area contributed by atoms with Gasteiger partial charge in [-0.15, -0.1) is 0 Å². The molecule has 0 unspecified atom stereocenters. The summed E-state index contributed by atoms with van der Waals surface area (Å²) in [5, 5.41) is 0. The smallest absolute Gasteiger partial charge is 0 e. The number of rotatable bonds is 0. The maximum atomic E-state index is 8.34. The van der Waals surface area contributed by atoms with Crippen LogP contribution in [0, 0.1) is 80.3 Å². The molecule has 0 aromatic heterocycles. The van der Waals surface area contributed by atoms with E-state index in [1.165, 1.54) is 0 Å². The molecule has 0 aromatic carbocycles. The van der Waals surface area contributed by atoms with Crippen molar-refractivity contribution in [3.05, 3.63) is 0 Å². The summed E-state index contributed by atoms with van der Waals surface area (Å²) in [5.41, 5.74) is 0. The van der Waals surface area contributed by atoms with Crippen molar-refractivity contribution in [2.24, 2.45) is 0 Å². The van der Waals surface area contributed by atoms with Gasteiger partial charge < -0.3 is 0 Å². The Morgan fingerprint density at radius 3 is 1.25 bits per heavy atom. The Bertz CT molecular complexity index is 8.00. The third-order valence-electron chi connectivity index (χ3n) is 0. The quantitative estimate of drug-likeness (QED) is 0.540. The third kappa shape index (κ3) is 9.02. The van der Waals surface area contributed by atoms with E-state index in [4.69, 9.17) is 2.81 Å². The first-order valence-corrected chi connectivity index (χ1v) is 1.21. The third-order valence-corrected chi connectivity index (χ3v) is 0. The Morgan fingerprint density at radius 2 is 1.25 bits per heavy atom. The first kappa shape index (κ1) is 15.7. The van der Waals surface area contributed by atoms with E-state index >= 15 is 0 Å². The minimum atomic E-state index is 0. The fourth-order valence-electron chi connectivity index (χ4n) is 0. The van der Waals surface area contributed by atoms with Crippen LogP contribution in [0.2, 0.25) is 0 Å². The van der Waals surface area contributed by atoms with Gasteiger partial charge in [-0.2, -0.15) is 0 Å². The molecule has 0 rings (SSSR count). The molecule has 0 radical (unpaired) electrons. The molecule has 0 aliphatic heterocycles. The van der Waals surface area contributed by atoms with Gasteiger partial charge in [0.2, 0.25) is 0 Å². The van der Waals surface area contributed by atoms with Crippen LogP contribution in [0.4, 0.5) is 0 Å². The van der Waals surface area contributed by atoms with Crippen LogP contribution in [0.3, 0.4) is 0 Å². The van der Waals surface area contributed by atoms with Crippen LogP contribution in [-0.4, -0.2) is 0 Å². The molecule has 0 saturated heterocycles. The summed E-state index contributed by atoms with van der Waals surface area (Å²) in [6.45, 7) is 0. The van der Waals surface area contributed by atoms with Crippen LogP contribution in [-0.2, 0) is 27.5 Å². The van der Waals surface area contributed by atoms with Gasteiger partial charge in [0.05, 0.1) is 0 Å². The molecular weight excluding hydrogens is 415 g/mol. The Labute approximate surface area is 105 Å². The predicted octanol–water partition coefficient (Wildman–Crippen LogP) is -0.121. The SMILES string of the molecule is [Gd].[O]=[Zr].[Sm]. The maximum absolute atomic E-state index is 8.34. The van der Waals surface area contributed by atoms with Crippen LogP contribution in [0.25, 0.3) is 0 Å². The van der Waals surface area contributed by atoms with E-state index in [0.29, 0.717) is 24.7 Å². The molecule has 4 heavy (non-hydrogen) atoms. The molecule has 0 heterocycles. The normalized spacial score (nSPS) is 0.750. The second-order valence-electron chi connectivity index (χ2n) is 0. The standard InChI is InChI=1S/Gd.O.Sm.Zr. The van der Waals surface area contributed by atoms with Crippen molar-refractivity contribution in [1.82, 2.24) is 0 Å². The van der Waals surface area contributed by atoms with Gasteiger partial charge in [0.1, 0.15) is 0 Å². The molecule has 0 saturated carbocycles. The second kappa shape index (κ2) is 16.2. The minimum Gasteiger partial charge on any atom is 0 e. The van der Waals surface area contributed by atoms with Crippen molar-refractivity contribution in [3.63, 3.8) is 0 Å². The van der Waals surface area contributed by atoms with E-state index < -0.39 is 0 Å². The molecule has 0 fully saturated rings. The van der Waals surface area contributed by atoms with Crippen LogP contribution in [0.15, 0.2) is 0 Å². The minimum absolute atomic E-state index is 0. The molecule has 0 aliphatic rings. The van der Waals surface area contributed by atoms with Gasteiger partial charge in [0.25, 0.3) is 0 Å². The van der Waals surface area contributed by atoms with Gasteiger partial charge in [-0.25, -0.2) is 0 Å². The summed E-state index contributed by atoms with van der Waals surface area (Å²) in [6.07, 6.45) is 0. The van der Waals surface area contributed by atoms with Gasteiger partial charge >= 0.3 is 27.5 Å². The summed E-state index contributed by atoms with van der Waals surface area (Å²) in [5.74, 6) is 0. The number of hydrogen-bond donors (Lipinski definition) is 0. The van der Waals surface area contributed by atoms with Crippen molar-refractivity contribution in [2.45, 2.75) is 0 Å². The van der Waals surface area contributed by atoms with E-state index in [2.05, 4.69) is 0 Å². The van der Waals surface area contributed by atoms with Crippen LogP contribution < -0.4 is 0 Å². The van der Waals surface area contributed by atoms with Gasteiger partial charge in [-0.3, -0.25) is 0 Å². The molecule has 0 atom stereocenters. The van der Waals surface area contributed by atoms with Crippen LogP contribution in [0.5, 0.6) is 0 Å². The fourth-order valence-corrected chi connectivity index (χ4v) is 0. The van der Waals surface area contributed by atoms with Crippen molar-refractivity contribution < 1.29 is 108 Å². The number of hydrogen-bond acceptors (Lipinski definition) is 1. The average Bonchev–Trinajstić information content (AvgIpc) is 1.00. The van der Waals surface area contributed by atoms with Crippen LogP contribution >= 0.6 is 0 Å². The molecule has 4 heteroatoms. The largest absolute Gasteiger partial charge is 0 e. The van der Waals surface area contributed by atoms with Crippen molar-refractivity contribution in [2.75, 3.05) is 0 Å². The fraction of sp³-hybridized carbons (Fsp3) is 0. The topological polar surface area (TPSA) is 17.1 Å². The van der Waals surface area contributed by atoms with E-state index in [-0.39, 0.29) is 80.3 Å². The average molecular weight is 415 g/mol. The summed E-state index contributed by atoms with van der Waals surface area (Å²) in [7, 11) is 0. The van der Waals surface area contributed by atoms with Crippen molar-refractivity contribution in [3.8, 4) is 0 Å². The summed E-state index contributed by atoms with van der Waals surface area (Å²) < 4.78 is 8.34. The van der Waals surface area contributed by atoms with Gasteiger partial charge in [-0.1, -0.05) is 0 Å². The maximum Gasteiger partial charge on any atom is 0 e. The van der Waals surface area contributed by atoms with Gasteiger partial charge in [0.15, 0.2) is 0 Å². The molecule has 0 amide bonds. The molecule has 0 spiro atoms. The molecule has 0 aliphatic carbocycles. The van der Waals surface area contributed by atoms with E-state index in [0.717, 1.165) is 0 Å². The van der Waals surface area contributed by atoms with E-state index in [9.17, 15) is 0 Å². The zero-order valence-corrected chi connectivity index (χ0v) is 9.02. The Balaban J connectivity index is -0.00000000500. The Morgan fingerprint density at radius 1 is 1.25 bits per heavy atom. The van der Waals surface area contributed by atoms with Gasteiger partial charge in [0, 0.05) is 80.3 Å². The van der Waals surface area contributed by atoms with Gasteiger partial charge in [-0.05, 0) is 0 Å². The van der Waals surface area contributed by atoms with E-state index in [1.807, 2.05) is 0 Å². The van der Waals surface area contributed by atoms with Crippen LogP contribution in [0.1, 0.15) is 0 Å². The second-order valence-corrected chi connectivity index (χ2v) is 0. The summed E-state index contributed by atoms with van der Waals surface area (Å²) >= 11 is 0.300. The molecule has 0 bridgehead atoms. The zero-order valence-electron chi connectivity index (χ0n) is 1.67. The molecule has 0 N–H and O–H groups in total. The molecular formula is GdOSmZr. The first-order chi connectivity index (χ1) is 1.00. The van der Waals surface area contributed by atoms with Crippen molar-refractivity contribution >= 4 is 0 Å². The summed E-state index contributed by atoms with van der Waals surface area (Å²) in [4.78, 5) is 0.